The first-order valence-corrected chi connectivity index (χ1v) is 11.4. The molecule has 0 aromatic heterocycles. The van der Waals surface area contributed by atoms with Crippen LogP contribution in [0.4, 0.5) is 4.39 Å². The Morgan fingerprint density at radius 3 is 2.61 bits per heavy atom. The van der Waals surface area contributed by atoms with Crippen LogP contribution in [0.1, 0.15) is 65.9 Å². The molecule has 2 fully saturated rings. The molecule has 0 bridgehead atoms. The quantitative estimate of drug-likeness (QED) is 0.623. The highest BCUT2D eigenvalue weighted by Crippen LogP contribution is 2.42. The van der Waals surface area contributed by atoms with Gasteiger partial charge >= 0.3 is 0 Å². The van der Waals surface area contributed by atoms with E-state index in [9.17, 15) is 9.18 Å². The number of nitrogens with zero attached hydrogens (tertiary/aromatic N) is 1. The fourth-order valence-electron chi connectivity index (χ4n) is 5.06. The van der Waals surface area contributed by atoms with E-state index in [2.05, 4.69) is 19.1 Å². The van der Waals surface area contributed by atoms with Crippen molar-refractivity contribution in [2.24, 2.45) is 5.92 Å². The average molecular weight is 426 g/mol. The zero-order valence-electron chi connectivity index (χ0n) is 18.5. The number of rotatable bonds is 6. The minimum Gasteiger partial charge on any atom is -0.494 e. The molecule has 0 N–H and O–H groups in total. The minimum absolute atomic E-state index is 0.0997. The zero-order valence-corrected chi connectivity index (χ0v) is 18.5. The van der Waals surface area contributed by atoms with E-state index in [-0.39, 0.29) is 11.7 Å². The van der Waals surface area contributed by atoms with Crippen molar-refractivity contribution in [1.29, 1.82) is 0 Å². The molecule has 2 aromatic carbocycles. The second kappa shape index (κ2) is 9.82. The van der Waals surface area contributed by atoms with Gasteiger partial charge in [0, 0.05) is 18.7 Å². The summed E-state index contributed by atoms with van der Waals surface area (Å²) in [6, 6.07) is 13.4. The molecule has 1 amide bonds. The number of carbonyl (C=O) groups excluding carboxylic acids is 1. The number of morpholine rings is 1. The normalized spacial score (nSPS) is 22.4. The van der Waals surface area contributed by atoms with Crippen LogP contribution in [0.15, 0.2) is 42.5 Å². The predicted molar refractivity (Wildman–Crippen MR) is 119 cm³/mol. The van der Waals surface area contributed by atoms with Gasteiger partial charge in [0.2, 0.25) is 0 Å². The molecule has 1 aliphatic carbocycles. The summed E-state index contributed by atoms with van der Waals surface area (Å²) in [6.07, 6.45) is 4.65. The summed E-state index contributed by atoms with van der Waals surface area (Å²) in [6.45, 7) is 4.80. The van der Waals surface area contributed by atoms with Crippen molar-refractivity contribution in [3.63, 3.8) is 0 Å². The highest BCUT2D eigenvalue weighted by Gasteiger charge is 2.28. The van der Waals surface area contributed by atoms with Crippen LogP contribution in [0.3, 0.4) is 0 Å². The van der Waals surface area contributed by atoms with Crippen LogP contribution in [0.25, 0.3) is 0 Å². The Hall–Kier alpha value is -2.40. The minimum atomic E-state index is -0.310. The van der Waals surface area contributed by atoms with Crippen LogP contribution in [-0.4, -0.2) is 44.2 Å². The molecule has 0 spiro atoms. The summed E-state index contributed by atoms with van der Waals surface area (Å²) in [5.74, 6) is 1.68. The van der Waals surface area contributed by atoms with Gasteiger partial charge in [-0.25, -0.2) is 4.39 Å². The maximum absolute atomic E-state index is 13.7. The Labute approximate surface area is 184 Å². The number of hydrogen-bond donors (Lipinski definition) is 0. The maximum Gasteiger partial charge on any atom is 0.254 e. The zero-order chi connectivity index (χ0) is 21.8. The van der Waals surface area contributed by atoms with E-state index in [4.69, 9.17) is 9.47 Å². The van der Waals surface area contributed by atoms with Gasteiger partial charge in [0.05, 0.1) is 20.3 Å². The van der Waals surface area contributed by atoms with Gasteiger partial charge in [0.15, 0.2) is 11.6 Å². The summed E-state index contributed by atoms with van der Waals surface area (Å²) in [7, 11) is 1.51. The summed E-state index contributed by atoms with van der Waals surface area (Å²) in [4.78, 5) is 14.5. The number of benzene rings is 2. The van der Waals surface area contributed by atoms with Gasteiger partial charge in [-0.1, -0.05) is 25.1 Å². The Morgan fingerprint density at radius 2 is 1.90 bits per heavy atom. The first kappa shape index (κ1) is 21.8. The molecule has 2 aliphatic rings. The molecular formula is C26H32FNO3. The summed E-state index contributed by atoms with van der Waals surface area (Å²) >= 11 is 0. The topological polar surface area (TPSA) is 38.8 Å². The highest BCUT2D eigenvalue weighted by molar-refractivity contribution is 5.94. The van der Waals surface area contributed by atoms with Gasteiger partial charge in [-0.05, 0) is 78.8 Å². The van der Waals surface area contributed by atoms with Crippen LogP contribution in [0.5, 0.6) is 5.75 Å². The monoisotopic (exact) mass is 425 g/mol. The molecule has 4 rings (SSSR count). The number of ether oxygens (including phenoxy) is 2. The third-order valence-corrected chi connectivity index (χ3v) is 6.90. The van der Waals surface area contributed by atoms with E-state index in [1.165, 1.54) is 38.0 Å². The molecule has 1 saturated carbocycles. The second-order valence-electron chi connectivity index (χ2n) is 8.93. The lowest BCUT2D eigenvalue weighted by molar-refractivity contribution is 0.0303. The number of amides is 1. The van der Waals surface area contributed by atoms with Crippen LogP contribution in [0, 0.1) is 11.7 Å². The van der Waals surface area contributed by atoms with Crippen LogP contribution in [-0.2, 0) is 4.74 Å². The Bertz CT molecular complexity index is 892. The first-order chi connectivity index (χ1) is 15.0. The first-order valence-electron chi connectivity index (χ1n) is 11.4. The van der Waals surface area contributed by atoms with E-state index in [0.717, 1.165) is 17.5 Å². The van der Waals surface area contributed by atoms with E-state index in [1.54, 1.807) is 0 Å². The second-order valence-corrected chi connectivity index (χ2v) is 8.93. The molecular weight excluding hydrogens is 393 g/mol. The number of methoxy groups -OCH3 is 1. The van der Waals surface area contributed by atoms with Crippen molar-refractivity contribution < 1.29 is 18.7 Å². The van der Waals surface area contributed by atoms with Gasteiger partial charge < -0.3 is 14.4 Å². The fourth-order valence-corrected chi connectivity index (χ4v) is 5.06. The molecule has 3 atom stereocenters. The van der Waals surface area contributed by atoms with Gasteiger partial charge in [0.25, 0.3) is 5.91 Å². The molecule has 4 nitrogen and oxygen atoms in total. The average Bonchev–Trinajstić information content (AvgIpc) is 3.28. The van der Waals surface area contributed by atoms with Crippen molar-refractivity contribution in [2.75, 3.05) is 33.4 Å². The van der Waals surface area contributed by atoms with Crippen molar-refractivity contribution >= 4 is 5.91 Å². The molecule has 5 heteroatoms. The standard InChI is InChI=1S/C26H32FNO3/c1-18(22-9-10-24(27)25(17-22)30-2)15-19-3-4-23(16-19)20-5-7-21(8-6-20)26(29)28-11-13-31-14-12-28/h5-10,17-19,23H,3-4,11-16H2,1-2H3/t18-,19?,23-/m0/s1. The summed E-state index contributed by atoms with van der Waals surface area (Å²) < 4.78 is 24.2. The Balaban J connectivity index is 1.33. The van der Waals surface area contributed by atoms with Crippen LogP contribution >= 0.6 is 0 Å². The van der Waals surface area contributed by atoms with Gasteiger partial charge in [0.1, 0.15) is 0 Å². The van der Waals surface area contributed by atoms with E-state index < -0.39 is 0 Å². The number of hydrogen-bond acceptors (Lipinski definition) is 3. The molecule has 2 aromatic rings. The van der Waals surface area contributed by atoms with Crippen LogP contribution < -0.4 is 4.74 Å². The van der Waals surface area contributed by atoms with Gasteiger partial charge in [-0.2, -0.15) is 0 Å². The molecule has 1 aliphatic heterocycles. The number of carbonyl (C=O) groups is 1. The molecule has 1 heterocycles. The Morgan fingerprint density at radius 1 is 1.16 bits per heavy atom. The summed E-state index contributed by atoms with van der Waals surface area (Å²) in [5.41, 5.74) is 3.23. The lowest BCUT2D eigenvalue weighted by atomic mass is 9.88. The van der Waals surface area contributed by atoms with Gasteiger partial charge in [-0.15, -0.1) is 0 Å². The molecule has 1 unspecified atom stereocenters. The van der Waals surface area contributed by atoms with Crippen molar-refractivity contribution in [3.05, 3.63) is 65.0 Å². The third-order valence-electron chi connectivity index (χ3n) is 6.90. The van der Waals surface area contributed by atoms with Crippen molar-refractivity contribution in [1.82, 2.24) is 4.90 Å². The lowest BCUT2D eigenvalue weighted by Crippen LogP contribution is -2.40. The maximum atomic E-state index is 13.7. The smallest absolute Gasteiger partial charge is 0.254 e. The van der Waals surface area contributed by atoms with Crippen molar-refractivity contribution in [3.8, 4) is 5.75 Å². The predicted octanol–water partition coefficient (Wildman–Crippen LogP) is 5.38. The molecule has 0 radical (unpaired) electrons. The fraction of sp³-hybridized carbons (Fsp3) is 0.500. The number of halogens is 1. The summed E-state index contributed by atoms with van der Waals surface area (Å²) in [5, 5.41) is 0. The molecule has 31 heavy (non-hydrogen) atoms. The lowest BCUT2D eigenvalue weighted by Gasteiger charge is -2.27. The SMILES string of the molecule is COc1cc([C@@H](C)CC2CC[C@H](c3ccc(C(=O)N4CCOCC4)cc3)C2)ccc1F. The molecule has 1 saturated heterocycles. The van der Waals surface area contributed by atoms with E-state index in [1.807, 2.05) is 29.2 Å². The van der Waals surface area contributed by atoms with E-state index >= 15 is 0 Å². The molecule has 166 valence electrons. The van der Waals surface area contributed by atoms with Crippen molar-refractivity contribution in [2.45, 2.75) is 44.4 Å². The Kier molecular flexibility index (Phi) is 6.91. The van der Waals surface area contributed by atoms with E-state index in [0.29, 0.717) is 49.8 Å². The third kappa shape index (κ3) is 5.09. The highest BCUT2D eigenvalue weighted by atomic mass is 19.1. The largest absolute Gasteiger partial charge is 0.494 e. The van der Waals surface area contributed by atoms with Crippen LogP contribution in [0.2, 0.25) is 0 Å². The van der Waals surface area contributed by atoms with Gasteiger partial charge in [-0.3, -0.25) is 4.79 Å².